The van der Waals surface area contributed by atoms with Crippen molar-refractivity contribution >= 4 is 12.4 Å². The molecule has 0 aromatic carbocycles. The number of nitrogens with zero attached hydrogens (tertiary/aromatic N) is 2. The van der Waals surface area contributed by atoms with Crippen molar-refractivity contribution in [3.8, 4) is 0 Å². The highest BCUT2D eigenvalue weighted by Crippen LogP contribution is 1.99. The van der Waals surface area contributed by atoms with E-state index in [2.05, 4.69) is 37.4 Å². The van der Waals surface area contributed by atoms with Gasteiger partial charge in [0, 0.05) is 24.8 Å². The van der Waals surface area contributed by atoms with Crippen LogP contribution in [0.15, 0.2) is 12.4 Å². The maximum atomic E-state index is 4.23. The van der Waals surface area contributed by atoms with Crippen molar-refractivity contribution in [1.29, 1.82) is 0 Å². The first kappa shape index (κ1) is 14.5. The molecule has 0 unspecified atom stereocenters. The van der Waals surface area contributed by atoms with Gasteiger partial charge < -0.3 is 5.32 Å². The van der Waals surface area contributed by atoms with Gasteiger partial charge in [-0.2, -0.15) is 5.10 Å². The third-order valence-corrected chi connectivity index (χ3v) is 2.24. The molecule has 1 aromatic heterocycles. The fourth-order valence-electron chi connectivity index (χ4n) is 1.29. The van der Waals surface area contributed by atoms with E-state index in [0.29, 0.717) is 0 Å². The normalized spacial score (nSPS) is 10.4. The molecule has 0 spiro atoms. The number of aromatic nitrogens is 2. The standard InChI is InChI=1S/C11H21N3.ClH/c1-4-14-9-11(8-13-14)7-12-6-5-10(2)3;/h8-10,12H,4-7H2,1-3H3;1H. The van der Waals surface area contributed by atoms with Crippen LogP contribution in [0.5, 0.6) is 0 Å². The Hall–Kier alpha value is -0.540. The smallest absolute Gasteiger partial charge is 0.0534 e. The van der Waals surface area contributed by atoms with E-state index in [1.807, 2.05) is 10.9 Å². The fraction of sp³-hybridized carbons (Fsp3) is 0.727. The molecule has 1 N–H and O–H groups in total. The van der Waals surface area contributed by atoms with Gasteiger partial charge in [-0.15, -0.1) is 12.4 Å². The van der Waals surface area contributed by atoms with E-state index in [1.54, 1.807) is 0 Å². The third kappa shape index (κ3) is 5.80. The molecular weight excluding hydrogens is 210 g/mol. The van der Waals surface area contributed by atoms with E-state index >= 15 is 0 Å². The van der Waals surface area contributed by atoms with Gasteiger partial charge in [0.25, 0.3) is 0 Å². The lowest BCUT2D eigenvalue weighted by Crippen LogP contribution is -2.15. The van der Waals surface area contributed by atoms with Crippen molar-refractivity contribution in [1.82, 2.24) is 15.1 Å². The van der Waals surface area contributed by atoms with Gasteiger partial charge in [0.05, 0.1) is 6.20 Å². The van der Waals surface area contributed by atoms with E-state index in [0.717, 1.165) is 25.6 Å². The lowest BCUT2D eigenvalue weighted by Gasteiger charge is -2.05. The Kier molecular flexibility index (Phi) is 7.44. The van der Waals surface area contributed by atoms with Crippen LogP contribution >= 0.6 is 12.4 Å². The zero-order chi connectivity index (χ0) is 10.4. The highest BCUT2D eigenvalue weighted by Gasteiger charge is 1.97. The van der Waals surface area contributed by atoms with Gasteiger partial charge in [-0.3, -0.25) is 4.68 Å². The molecule has 0 radical (unpaired) electrons. The zero-order valence-electron chi connectivity index (χ0n) is 9.86. The first-order valence-corrected chi connectivity index (χ1v) is 5.44. The molecule has 3 nitrogen and oxygen atoms in total. The van der Waals surface area contributed by atoms with E-state index in [1.165, 1.54) is 12.0 Å². The number of halogens is 1. The Morgan fingerprint density at radius 3 is 2.73 bits per heavy atom. The molecule has 0 atom stereocenters. The number of hydrogen-bond acceptors (Lipinski definition) is 2. The van der Waals surface area contributed by atoms with Crippen molar-refractivity contribution in [2.45, 2.75) is 40.3 Å². The summed E-state index contributed by atoms with van der Waals surface area (Å²) in [5.74, 6) is 0.779. The largest absolute Gasteiger partial charge is 0.313 e. The molecule has 1 heterocycles. The first-order chi connectivity index (χ1) is 6.72. The summed E-state index contributed by atoms with van der Waals surface area (Å²) in [6.07, 6.45) is 5.27. The molecule has 0 saturated carbocycles. The van der Waals surface area contributed by atoms with Crippen LogP contribution in [0.25, 0.3) is 0 Å². The van der Waals surface area contributed by atoms with Crippen LogP contribution in [0.3, 0.4) is 0 Å². The van der Waals surface area contributed by atoms with Crippen LogP contribution in [-0.2, 0) is 13.1 Å². The van der Waals surface area contributed by atoms with Gasteiger partial charge in [0.1, 0.15) is 0 Å². The van der Waals surface area contributed by atoms with Crippen LogP contribution in [0.4, 0.5) is 0 Å². The van der Waals surface area contributed by atoms with Crippen molar-refractivity contribution in [3.63, 3.8) is 0 Å². The van der Waals surface area contributed by atoms with E-state index in [9.17, 15) is 0 Å². The molecule has 0 aliphatic heterocycles. The lowest BCUT2D eigenvalue weighted by molar-refractivity contribution is 0.537. The minimum Gasteiger partial charge on any atom is -0.313 e. The number of hydrogen-bond donors (Lipinski definition) is 1. The van der Waals surface area contributed by atoms with Gasteiger partial charge in [0.2, 0.25) is 0 Å². The van der Waals surface area contributed by atoms with E-state index in [-0.39, 0.29) is 12.4 Å². The van der Waals surface area contributed by atoms with Gasteiger partial charge >= 0.3 is 0 Å². The van der Waals surface area contributed by atoms with E-state index in [4.69, 9.17) is 0 Å². The van der Waals surface area contributed by atoms with Gasteiger partial charge in [0.15, 0.2) is 0 Å². The van der Waals surface area contributed by atoms with Crippen LogP contribution in [-0.4, -0.2) is 16.3 Å². The van der Waals surface area contributed by atoms with Crippen molar-refractivity contribution in [2.75, 3.05) is 6.54 Å². The summed E-state index contributed by atoms with van der Waals surface area (Å²) in [7, 11) is 0. The van der Waals surface area contributed by atoms with Crippen LogP contribution in [0, 0.1) is 5.92 Å². The predicted octanol–water partition coefficient (Wildman–Crippen LogP) is 2.46. The summed E-state index contributed by atoms with van der Waals surface area (Å²) in [6.45, 7) is 9.57. The minimum atomic E-state index is 0. The summed E-state index contributed by atoms with van der Waals surface area (Å²) in [5.41, 5.74) is 1.27. The van der Waals surface area contributed by atoms with Crippen LogP contribution in [0.2, 0.25) is 0 Å². The Labute approximate surface area is 98.7 Å². The highest BCUT2D eigenvalue weighted by molar-refractivity contribution is 5.85. The van der Waals surface area contributed by atoms with E-state index < -0.39 is 0 Å². The monoisotopic (exact) mass is 231 g/mol. The second kappa shape index (κ2) is 7.71. The SMILES string of the molecule is CCn1cc(CNCCC(C)C)cn1.Cl. The van der Waals surface area contributed by atoms with Crippen molar-refractivity contribution in [3.05, 3.63) is 18.0 Å². The summed E-state index contributed by atoms with van der Waals surface area (Å²) < 4.78 is 1.96. The van der Waals surface area contributed by atoms with Crippen molar-refractivity contribution in [2.24, 2.45) is 5.92 Å². The number of aryl methyl sites for hydroxylation is 1. The Morgan fingerprint density at radius 1 is 1.47 bits per heavy atom. The molecule has 0 aliphatic rings. The van der Waals surface area contributed by atoms with Gasteiger partial charge in [-0.25, -0.2) is 0 Å². The average molecular weight is 232 g/mol. The molecule has 0 aliphatic carbocycles. The molecule has 1 rings (SSSR count). The Bertz CT molecular complexity index is 258. The maximum Gasteiger partial charge on any atom is 0.0534 e. The summed E-state index contributed by atoms with van der Waals surface area (Å²) in [6, 6.07) is 0. The molecule has 4 heteroatoms. The Morgan fingerprint density at radius 2 is 2.20 bits per heavy atom. The first-order valence-electron chi connectivity index (χ1n) is 5.44. The summed E-state index contributed by atoms with van der Waals surface area (Å²) in [4.78, 5) is 0. The molecule has 0 saturated heterocycles. The second-order valence-electron chi connectivity index (χ2n) is 4.06. The highest BCUT2D eigenvalue weighted by atomic mass is 35.5. The molecule has 1 aromatic rings. The third-order valence-electron chi connectivity index (χ3n) is 2.24. The average Bonchev–Trinajstić information content (AvgIpc) is 2.60. The molecule has 0 bridgehead atoms. The van der Waals surface area contributed by atoms with Crippen LogP contribution in [0.1, 0.15) is 32.8 Å². The summed E-state index contributed by atoms with van der Waals surface area (Å²) in [5, 5.41) is 7.64. The topological polar surface area (TPSA) is 29.9 Å². The van der Waals surface area contributed by atoms with Crippen molar-refractivity contribution < 1.29 is 0 Å². The zero-order valence-corrected chi connectivity index (χ0v) is 10.7. The van der Waals surface area contributed by atoms with Gasteiger partial charge in [-0.1, -0.05) is 13.8 Å². The molecular formula is C11H22ClN3. The number of rotatable bonds is 6. The lowest BCUT2D eigenvalue weighted by atomic mass is 10.1. The molecule has 0 fully saturated rings. The minimum absolute atomic E-state index is 0. The number of nitrogens with one attached hydrogen (secondary N) is 1. The van der Waals surface area contributed by atoms with Gasteiger partial charge in [-0.05, 0) is 25.8 Å². The summed E-state index contributed by atoms with van der Waals surface area (Å²) >= 11 is 0. The quantitative estimate of drug-likeness (QED) is 0.763. The Balaban J connectivity index is 0.00000196. The molecule has 0 amide bonds. The van der Waals surface area contributed by atoms with Crippen LogP contribution < -0.4 is 5.32 Å². The fourth-order valence-corrected chi connectivity index (χ4v) is 1.29. The maximum absolute atomic E-state index is 4.23. The second-order valence-corrected chi connectivity index (χ2v) is 4.06. The predicted molar refractivity (Wildman–Crippen MR) is 66.3 cm³/mol. The molecule has 15 heavy (non-hydrogen) atoms. The molecule has 88 valence electrons.